The fourth-order valence-electron chi connectivity index (χ4n) is 0. The molecule has 0 aromatic heterocycles. The molecule has 9 heteroatoms. The number of rotatable bonds is 3. The molecule has 0 amide bonds. The summed E-state index contributed by atoms with van der Waals surface area (Å²) in [6, 6.07) is -0.731. The predicted octanol–water partition coefficient (Wildman–Crippen LogP) is -2.52. The van der Waals surface area contributed by atoms with E-state index in [4.69, 9.17) is 21.1 Å². The average molecular weight is 239 g/mol. The van der Waals surface area contributed by atoms with Crippen LogP contribution in [0.15, 0.2) is 0 Å². The second-order valence-electron chi connectivity index (χ2n) is 2.32. The normalized spacial score (nSPS) is 9.75. The first-order valence-electron chi connectivity index (χ1n) is 4.01. The lowest BCUT2D eigenvalue weighted by atomic mass is 10.4. The second-order valence-corrected chi connectivity index (χ2v) is 2.32. The molecular weight excluding hydrogens is 222 g/mol. The van der Waals surface area contributed by atoms with Gasteiger partial charge >= 0.3 is 17.9 Å². The van der Waals surface area contributed by atoms with E-state index in [0.29, 0.717) is 0 Å². The van der Waals surface area contributed by atoms with Gasteiger partial charge in [-0.25, -0.2) is 0 Å². The summed E-state index contributed by atoms with van der Waals surface area (Å²) in [5, 5.41) is 23.1. The lowest BCUT2D eigenvalue weighted by molar-refractivity contribution is -0.138. The zero-order valence-corrected chi connectivity index (χ0v) is 8.79. The number of aliphatic carboxylic acids is 3. The molecule has 0 unspecified atom stereocenters. The molecule has 0 radical (unpaired) electrons. The van der Waals surface area contributed by atoms with Gasteiger partial charge in [0.05, 0.1) is 13.1 Å². The van der Waals surface area contributed by atoms with Crippen LogP contribution in [0.5, 0.6) is 0 Å². The van der Waals surface area contributed by atoms with Crippen LogP contribution in [0.25, 0.3) is 0 Å². The first-order chi connectivity index (χ1) is 7.18. The van der Waals surface area contributed by atoms with Crippen LogP contribution in [-0.2, 0) is 14.4 Å². The molecule has 0 spiro atoms. The van der Waals surface area contributed by atoms with Gasteiger partial charge in [-0.1, -0.05) is 0 Å². The van der Waals surface area contributed by atoms with Crippen LogP contribution in [0.4, 0.5) is 0 Å². The number of hydrogen-bond donors (Lipinski definition) is 6. The van der Waals surface area contributed by atoms with Crippen LogP contribution in [0.1, 0.15) is 6.92 Å². The highest BCUT2D eigenvalue weighted by atomic mass is 16.4. The fraction of sp³-hybridized carbons (Fsp3) is 0.571. The Morgan fingerprint density at radius 3 is 1.12 bits per heavy atom. The molecule has 0 saturated heterocycles. The van der Waals surface area contributed by atoms with Gasteiger partial charge < -0.3 is 32.5 Å². The summed E-state index contributed by atoms with van der Waals surface area (Å²) in [7, 11) is 0. The summed E-state index contributed by atoms with van der Waals surface area (Å²) in [5.41, 5.74) is 14.0. The molecule has 0 rings (SSSR count). The Balaban J connectivity index is -0.000000160. The van der Waals surface area contributed by atoms with Crippen molar-refractivity contribution in [2.45, 2.75) is 13.0 Å². The lowest BCUT2D eigenvalue weighted by Crippen LogP contribution is -2.25. The smallest absolute Gasteiger partial charge is 0.320 e. The van der Waals surface area contributed by atoms with Crippen LogP contribution in [0, 0.1) is 0 Å². The Morgan fingerprint density at radius 2 is 1.12 bits per heavy atom. The highest BCUT2D eigenvalue weighted by molar-refractivity contribution is 5.72. The van der Waals surface area contributed by atoms with E-state index in [1.807, 2.05) is 0 Å². The number of carboxylic acids is 3. The maximum absolute atomic E-state index is 9.57. The van der Waals surface area contributed by atoms with Crippen LogP contribution >= 0.6 is 0 Å². The third-order valence-electron chi connectivity index (χ3n) is 0.739. The van der Waals surface area contributed by atoms with Crippen molar-refractivity contribution in [2.24, 2.45) is 17.2 Å². The Kier molecular flexibility index (Phi) is 16.4. The van der Waals surface area contributed by atoms with E-state index in [1.165, 1.54) is 6.92 Å². The number of hydrogen-bond acceptors (Lipinski definition) is 6. The molecule has 9 N–H and O–H groups in total. The summed E-state index contributed by atoms with van der Waals surface area (Å²) in [5.74, 6) is -2.90. The van der Waals surface area contributed by atoms with Gasteiger partial charge in [-0.2, -0.15) is 0 Å². The topological polar surface area (TPSA) is 190 Å². The standard InChI is InChI=1S/C3H7NO2.2C2H5NO2/c1-2(4)3(5)6;2*3-1-2(4)5/h2H,4H2,1H3,(H,5,6);2*1,3H2,(H,4,5)/t2-;;/m0../s1. The minimum Gasteiger partial charge on any atom is -0.480 e. The summed E-state index contributed by atoms with van der Waals surface area (Å²) in [6.07, 6.45) is 0. The van der Waals surface area contributed by atoms with E-state index in [1.54, 1.807) is 0 Å². The van der Waals surface area contributed by atoms with Gasteiger partial charge in [-0.15, -0.1) is 0 Å². The summed E-state index contributed by atoms with van der Waals surface area (Å²) < 4.78 is 0. The first kappa shape index (κ1) is 19.8. The van der Waals surface area contributed by atoms with Gasteiger partial charge in [-0.3, -0.25) is 14.4 Å². The van der Waals surface area contributed by atoms with E-state index >= 15 is 0 Å². The monoisotopic (exact) mass is 239 g/mol. The molecule has 0 fully saturated rings. The molecule has 0 aromatic carbocycles. The van der Waals surface area contributed by atoms with Gasteiger partial charge in [0.15, 0.2) is 0 Å². The van der Waals surface area contributed by atoms with Crippen LogP contribution < -0.4 is 17.2 Å². The molecule has 0 aliphatic heterocycles. The number of carboxylic acid groups (broad SMARTS) is 3. The number of carbonyl (C=O) groups is 3. The molecular formula is C7H17N3O6. The van der Waals surface area contributed by atoms with Crippen molar-refractivity contribution in [1.82, 2.24) is 0 Å². The Morgan fingerprint density at radius 1 is 1.00 bits per heavy atom. The zero-order chi connectivity index (χ0) is 13.7. The second kappa shape index (κ2) is 13.3. The van der Waals surface area contributed by atoms with Crippen molar-refractivity contribution in [1.29, 1.82) is 0 Å². The Hall–Kier alpha value is -1.71. The van der Waals surface area contributed by atoms with Crippen molar-refractivity contribution in [3.05, 3.63) is 0 Å². The van der Waals surface area contributed by atoms with Crippen molar-refractivity contribution < 1.29 is 29.7 Å². The maximum atomic E-state index is 9.57. The quantitative estimate of drug-likeness (QED) is 0.308. The van der Waals surface area contributed by atoms with Crippen LogP contribution in [0.2, 0.25) is 0 Å². The van der Waals surface area contributed by atoms with Crippen molar-refractivity contribution in [3.63, 3.8) is 0 Å². The largest absolute Gasteiger partial charge is 0.480 e. The summed E-state index contributed by atoms with van der Waals surface area (Å²) in [6.45, 7) is 0.863. The minimum absolute atomic E-state index is 0.278. The van der Waals surface area contributed by atoms with Crippen LogP contribution in [-0.4, -0.2) is 52.4 Å². The van der Waals surface area contributed by atoms with Gasteiger partial charge in [0.1, 0.15) is 6.04 Å². The molecule has 0 aliphatic rings. The third kappa shape index (κ3) is 39.6. The van der Waals surface area contributed by atoms with E-state index in [2.05, 4.69) is 11.5 Å². The maximum Gasteiger partial charge on any atom is 0.320 e. The third-order valence-corrected chi connectivity index (χ3v) is 0.739. The predicted molar refractivity (Wildman–Crippen MR) is 54.7 cm³/mol. The van der Waals surface area contributed by atoms with Crippen molar-refractivity contribution in [3.8, 4) is 0 Å². The highest BCUT2D eigenvalue weighted by Gasteiger charge is 1.99. The highest BCUT2D eigenvalue weighted by Crippen LogP contribution is 1.68. The lowest BCUT2D eigenvalue weighted by Gasteiger charge is -1.90. The first-order valence-corrected chi connectivity index (χ1v) is 4.01. The van der Waals surface area contributed by atoms with Gasteiger partial charge in [0.25, 0.3) is 0 Å². The van der Waals surface area contributed by atoms with Crippen molar-refractivity contribution in [2.75, 3.05) is 13.1 Å². The molecule has 0 heterocycles. The fourth-order valence-corrected chi connectivity index (χ4v) is 0. The minimum atomic E-state index is -0.968. The average Bonchev–Trinajstić information content (AvgIpc) is 2.19. The molecule has 16 heavy (non-hydrogen) atoms. The molecule has 96 valence electrons. The van der Waals surface area contributed by atoms with E-state index in [0.717, 1.165) is 0 Å². The van der Waals surface area contributed by atoms with E-state index in [9.17, 15) is 14.4 Å². The SMILES string of the molecule is C[C@H](N)C(=O)O.NCC(=O)O.NCC(=O)O. The molecule has 9 nitrogen and oxygen atoms in total. The molecule has 0 aromatic rings. The van der Waals surface area contributed by atoms with Gasteiger partial charge in [-0.05, 0) is 6.92 Å². The zero-order valence-electron chi connectivity index (χ0n) is 8.79. The summed E-state index contributed by atoms with van der Waals surface area (Å²) in [4.78, 5) is 28.1. The van der Waals surface area contributed by atoms with Crippen LogP contribution in [0.3, 0.4) is 0 Å². The molecule has 0 aliphatic carbocycles. The van der Waals surface area contributed by atoms with Gasteiger partial charge in [0, 0.05) is 0 Å². The van der Waals surface area contributed by atoms with E-state index in [-0.39, 0.29) is 13.1 Å². The Labute approximate surface area is 91.8 Å². The van der Waals surface area contributed by atoms with E-state index < -0.39 is 23.9 Å². The van der Waals surface area contributed by atoms with Crippen molar-refractivity contribution >= 4 is 17.9 Å². The Bertz CT molecular complexity index is 204. The van der Waals surface area contributed by atoms with Gasteiger partial charge in [0.2, 0.25) is 0 Å². The summed E-state index contributed by atoms with van der Waals surface area (Å²) >= 11 is 0. The number of nitrogens with two attached hydrogens (primary N) is 3. The molecule has 0 saturated carbocycles. The molecule has 1 atom stereocenters. The molecule has 0 bridgehead atoms.